The van der Waals surface area contributed by atoms with Crippen LogP contribution in [0.25, 0.3) is 0 Å². The van der Waals surface area contributed by atoms with E-state index in [1.807, 2.05) is 0 Å². The number of carbonyl (C=O) groups is 1. The average molecular weight is 195 g/mol. The molecule has 0 saturated heterocycles. The topological polar surface area (TPSA) is 77.3 Å². The lowest BCUT2D eigenvalue weighted by Crippen LogP contribution is -2.34. The third-order valence-electron chi connectivity index (χ3n) is 0.906. The second kappa shape index (κ2) is 6.81. The normalized spacial score (nSPS) is 10.2. The summed E-state index contributed by atoms with van der Waals surface area (Å²) in [6.45, 7) is -0.0630. The van der Waals surface area contributed by atoms with Crippen molar-refractivity contribution in [1.82, 2.24) is 10.3 Å². The van der Waals surface area contributed by atoms with Gasteiger partial charge in [0.2, 0.25) is 0 Å². The number of halogens is 1. The molecule has 0 spiro atoms. The van der Waals surface area contributed by atoms with Crippen molar-refractivity contribution in [3.05, 3.63) is 0 Å². The Labute approximate surface area is 75.2 Å². The van der Waals surface area contributed by atoms with Gasteiger partial charge in [0.1, 0.15) is 6.73 Å². The summed E-state index contributed by atoms with van der Waals surface area (Å²) in [7, 11) is 1.42. The van der Waals surface area contributed by atoms with Crippen LogP contribution < -0.4 is 5.32 Å². The standard InChI is InChI=1S/C5H11ClN4O2/c1-10(5(12)7-4-11)9-8-3-2-6/h11H,2-4H2,1H3,(H,7,12). The first kappa shape index (κ1) is 11.1. The van der Waals surface area contributed by atoms with Gasteiger partial charge in [-0.2, -0.15) is 10.1 Å². The van der Waals surface area contributed by atoms with Gasteiger partial charge in [0.25, 0.3) is 0 Å². The van der Waals surface area contributed by atoms with Crippen molar-refractivity contribution in [3.63, 3.8) is 0 Å². The Morgan fingerprint density at radius 3 is 2.92 bits per heavy atom. The summed E-state index contributed by atoms with van der Waals surface area (Å²) < 4.78 is 0. The van der Waals surface area contributed by atoms with Crippen molar-refractivity contribution in [2.24, 2.45) is 10.3 Å². The Kier molecular flexibility index (Phi) is 6.31. The predicted molar refractivity (Wildman–Crippen MR) is 43.8 cm³/mol. The van der Waals surface area contributed by atoms with Crippen molar-refractivity contribution >= 4 is 17.6 Å². The van der Waals surface area contributed by atoms with Crippen molar-refractivity contribution < 1.29 is 9.90 Å². The number of nitrogens with zero attached hydrogens (tertiary/aromatic N) is 3. The van der Waals surface area contributed by atoms with E-state index in [1.165, 1.54) is 7.05 Å². The third kappa shape index (κ3) is 4.86. The summed E-state index contributed by atoms with van der Waals surface area (Å²) in [5.74, 6) is 0.360. The first-order valence-electron chi connectivity index (χ1n) is 3.28. The van der Waals surface area contributed by atoms with E-state index in [2.05, 4.69) is 15.7 Å². The fraction of sp³-hybridized carbons (Fsp3) is 0.800. The summed E-state index contributed by atoms with van der Waals surface area (Å²) in [6, 6.07) is -0.518. The predicted octanol–water partition coefficient (Wildman–Crippen LogP) is 0.184. The van der Waals surface area contributed by atoms with E-state index in [1.54, 1.807) is 0 Å². The van der Waals surface area contributed by atoms with Crippen LogP contribution >= 0.6 is 11.6 Å². The lowest BCUT2D eigenvalue weighted by Gasteiger charge is -2.08. The van der Waals surface area contributed by atoms with Crippen LogP contribution in [0.4, 0.5) is 4.79 Å². The molecule has 0 atom stereocenters. The number of hydrogen-bond donors (Lipinski definition) is 2. The number of carbonyl (C=O) groups excluding carboxylic acids is 1. The molecule has 70 valence electrons. The molecule has 0 bridgehead atoms. The Bertz CT molecular complexity index is 164. The van der Waals surface area contributed by atoms with Gasteiger partial charge >= 0.3 is 6.03 Å². The molecule has 7 heteroatoms. The smallest absolute Gasteiger partial charge is 0.340 e. The zero-order valence-corrected chi connectivity index (χ0v) is 7.45. The average Bonchev–Trinajstić information content (AvgIpc) is 2.05. The molecule has 0 unspecified atom stereocenters. The molecule has 2 N–H and O–H groups in total. The Balaban J connectivity index is 3.69. The van der Waals surface area contributed by atoms with E-state index < -0.39 is 12.8 Å². The molecule has 0 aliphatic rings. The Morgan fingerprint density at radius 2 is 2.42 bits per heavy atom. The van der Waals surface area contributed by atoms with Crippen molar-refractivity contribution in [3.8, 4) is 0 Å². The quantitative estimate of drug-likeness (QED) is 0.290. The van der Waals surface area contributed by atoms with Crippen LogP contribution in [0.5, 0.6) is 0 Å². The molecule has 12 heavy (non-hydrogen) atoms. The van der Waals surface area contributed by atoms with Crippen LogP contribution in [0, 0.1) is 0 Å². The van der Waals surface area contributed by atoms with E-state index in [0.717, 1.165) is 5.01 Å². The number of aliphatic hydroxyl groups excluding tert-OH is 1. The lowest BCUT2D eigenvalue weighted by atomic mass is 10.8. The molecule has 6 nitrogen and oxygen atoms in total. The molecule has 0 heterocycles. The molecule has 0 rings (SSSR count). The molecular weight excluding hydrogens is 184 g/mol. The number of rotatable bonds is 4. The Hall–Kier alpha value is -0.880. The summed E-state index contributed by atoms with van der Waals surface area (Å²) in [5.41, 5.74) is 0. The van der Waals surface area contributed by atoms with Crippen LogP contribution in [-0.2, 0) is 0 Å². The molecule has 0 fully saturated rings. The molecule has 0 saturated carbocycles. The van der Waals surface area contributed by atoms with Gasteiger partial charge in [-0.25, -0.2) is 4.79 Å². The Morgan fingerprint density at radius 1 is 1.75 bits per heavy atom. The van der Waals surface area contributed by atoms with E-state index in [4.69, 9.17) is 16.7 Å². The maximum absolute atomic E-state index is 10.8. The van der Waals surface area contributed by atoms with Gasteiger partial charge in [-0.15, -0.1) is 11.6 Å². The van der Waals surface area contributed by atoms with Gasteiger partial charge in [-0.3, -0.25) is 0 Å². The van der Waals surface area contributed by atoms with E-state index >= 15 is 0 Å². The summed E-state index contributed by atoms with van der Waals surface area (Å²) in [6.07, 6.45) is 0. The summed E-state index contributed by atoms with van der Waals surface area (Å²) in [4.78, 5) is 10.8. The molecule has 0 aliphatic carbocycles. The third-order valence-corrected chi connectivity index (χ3v) is 1.08. The fourth-order valence-electron chi connectivity index (χ4n) is 0.400. The molecule has 0 aromatic heterocycles. The minimum absolute atomic E-state index is 0.359. The molecule has 0 radical (unpaired) electrons. The number of aliphatic hydroxyl groups is 1. The first-order chi connectivity index (χ1) is 5.72. The number of hydrogen-bond acceptors (Lipinski definition) is 4. The van der Waals surface area contributed by atoms with E-state index in [-0.39, 0.29) is 0 Å². The van der Waals surface area contributed by atoms with Crippen molar-refractivity contribution in [1.29, 1.82) is 0 Å². The molecule has 0 aromatic rings. The number of alkyl halides is 1. The maximum atomic E-state index is 10.8. The zero-order valence-electron chi connectivity index (χ0n) is 6.70. The monoisotopic (exact) mass is 194 g/mol. The van der Waals surface area contributed by atoms with Gasteiger partial charge in [-0.1, -0.05) is 5.22 Å². The van der Waals surface area contributed by atoms with E-state index in [9.17, 15) is 4.79 Å². The second-order valence-corrected chi connectivity index (χ2v) is 2.19. The number of amides is 2. The highest BCUT2D eigenvalue weighted by Gasteiger charge is 2.03. The highest BCUT2D eigenvalue weighted by atomic mass is 35.5. The van der Waals surface area contributed by atoms with Crippen LogP contribution in [0.1, 0.15) is 0 Å². The van der Waals surface area contributed by atoms with Crippen LogP contribution in [0.15, 0.2) is 10.3 Å². The second-order valence-electron chi connectivity index (χ2n) is 1.81. The van der Waals surface area contributed by atoms with Gasteiger partial charge in [0.15, 0.2) is 0 Å². The van der Waals surface area contributed by atoms with Crippen molar-refractivity contribution in [2.75, 3.05) is 26.2 Å². The summed E-state index contributed by atoms with van der Waals surface area (Å²) >= 11 is 5.31. The first-order valence-corrected chi connectivity index (χ1v) is 3.81. The fourth-order valence-corrected chi connectivity index (χ4v) is 0.476. The molecule has 2 amide bonds. The highest BCUT2D eigenvalue weighted by Crippen LogP contribution is 1.87. The highest BCUT2D eigenvalue weighted by molar-refractivity contribution is 6.18. The van der Waals surface area contributed by atoms with Crippen LogP contribution in [0.3, 0.4) is 0 Å². The minimum Gasteiger partial charge on any atom is -0.376 e. The summed E-state index contributed by atoms with van der Waals surface area (Å²) in [5, 5.41) is 18.5. The molecular formula is C5H11ClN4O2. The minimum atomic E-state index is -0.518. The van der Waals surface area contributed by atoms with Crippen molar-refractivity contribution in [2.45, 2.75) is 0 Å². The zero-order chi connectivity index (χ0) is 9.40. The molecule has 0 aliphatic heterocycles. The van der Waals surface area contributed by atoms with Gasteiger partial charge in [0, 0.05) is 12.9 Å². The van der Waals surface area contributed by atoms with Crippen LogP contribution in [-0.4, -0.2) is 42.3 Å². The SMILES string of the molecule is CN(N=NCCCl)C(=O)NCO. The van der Waals surface area contributed by atoms with E-state index in [0.29, 0.717) is 12.4 Å². The van der Waals surface area contributed by atoms with Crippen LogP contribution in [0.2, 0.25) is 0 Å². The number of nitrogens with one attached hydrogen (secondary N) is 1. The molecule has 0 aromatic carbocycles. The van der Waals surface area contributed by atoms with Gasteiger partial charge in [0.05, 0.1) is 6.54 Å². The number of urea groups is 1. The lowest BCUT2D eigenvalue weighted by molar-refractivity contribution is 0.188. The largest absolute Gasteiger partial charge is 0.376 e. The van der Waals surface area contributed by atoms with Gasteiger partial charge in [-0.05, 0) is 0 Å². The maximum Gasteiger partial charge on any atom is 0.340 e. The van der Waals surface area contributed by atoms with Gasteiger partial charge < -0.3 is 10.4 Å².